The van der Waals surface area contributed by atoms with E-state index in [1.165, 1.54) is 30.7 Å². The monoisotopic (exact) mass is 275 g/mol. The maximum absolute atomic E-state index is 11.9. The lowest BCUT2D eigenvalue weighted by atomic mass is 9.89. The molecule has 0 aromatic heterocycles. The Bertz CT molecular complexity index is 554. The summed E-state index contributed by atoms with van der Waals surface area (Å²) in [7, 11) is 0. The molecule has 1 aliphatic carbocycles. The van der Waals surface area contributed by atoms with Gasteiger partial charge in [-0.25, -0.2) is 5.43 Å². The van der Waals surface area contributed by atoms with Crippen molar-refractivity contribution in [3.05, 3.63) is 39.9 Å². The molecule has 6 heteroatoms. The summed E-state index contributed by atoms with van der Waals surface area (Å²) < 4.78 is 0. The Kier molecular flexibility index (Phi) is 4.45. The number of nitrogens with one attached hydrogen (secondary N) is 1. The van der Waals surface area contributed by atoms with E-state index in [0.29, 0.717) is 5.92 Å². The Hall–Kier alpha value is -2.24. The number of hydrazone groups is 1. The molecule has 2 rings (SSSR count). The number of amides is 1. The molecule has 1 saturated carbocycles. The summed E-state index contributed by atoms with van der Waals surface area (Å²) in [4.78, 5) is 22.1. The van der Waals surface area contributed by atoms with Crippen LogP contribution in [0.4, 0.5) is 5.69 Å². The van der Waals surface area contributed by atoms with Gasteiger partial charge in [0.25, 0.3) is 11.6 Å². The molecule has 1 atom stereocenters. The van der Waals surface area contributed by atoms with Gasteiger partial charge in [0.2, 0.25) is 0 Å². The molecule has 1 aliphatic rings. The summed E-state index contributed by atoms with van der Waals surface area (Å²) in [5.41, 5.74) is 3.63. The minimum Gasteiger partial charge on any atom is -0.267 e. The van der Waals surface area contributed by atoms with Crippen molar-refractivity contribution in [2.75, 3.05) is 0 Å². The van der Waals surface area contributed by atoms with Crippen LogP contribution in [0.3, 0.4) is 0 Å². The van der Waals surface area contributed by atoms with E-state index < -0.39 is 10.8 Å². The van der Waals surface area contributed by atoms with Gasteiger partial charge >= 0.3 is 0 Å². The number of nitro groups is 1. The Morgan fingerprint density at radius 1 is 1.45 bits per heavy atom. The standard InChI is InChI=1S/C14H17N3O3/c1-10-5-2-3-8-13(10)15-16-14(18)11-6-4-7-12(9-11)17(19)20/h4,6-7,9-10H,2-3,5,8H2,1H3,(H,16,18)/b15-13+. The zero-order valence-electron chi connectivity index (χ0n) is 11.3. The Morgan fingerprint density at radius 3 is 2.95 bits per heavy atom. The second-order valence-corrected chi connectivity index (χ2v) is 5.00. The number of hydrogen-bond acceptors (Lipinski definition) is 4. The number of carbonyl (C=O) groups is 1. The third kappa shape index (κ3) is 3.40. The van der Waals surface area contributed by atoms with Crippen molar-refractivity contribution in [1.82, 2.24) is 5.43 Å². The highest BCUT2D eigenvalue weighted by atomic mass is 16.6. The average Bonchev–Trinajstić information content (AvgIpc) is 2.46. The van der Waals surface area contributed by atoms with Gasteiger partial charge in [0.05, 0.1) is 4.92 Å². The first-order chi connectivity index (χ1) is 9.58. The zero-order valence-corrected chi connectivity index (χ0v) is 11.3. The minimum absolute atomic E-state index is 0.101. The van der Waals surface area contributed by atoms with Gasteiger partial charge in [-0.15, -0.1) is 0 Å². The van der Waals surface area contributed by atoms with Crippen molar-refractivity contribution < 1.29 is 9.72 Å². The minimum atomic E-state index is -0.522. The normalized spacial score (nSPS) is 20.6. The topological polar surface area (TPSA) is 84.6 Å². The van der Waals surface area contributed by atoms with E-state index in [0.717, 1.165) is 25.0 Å². The number of nitro benzene ring substituents is 1. The summed E-state index contributed by atoms with van der Waals surface area (Å²) in [5.74, 6) is -0.0341. The number of nitrogens with zero attached hydrogens (tertiary/aromatic N) is 2. The van der Waals surface area contributed by atoms with Crippen LogP contribution in [0.15, 0.2) is 29.4 Å². The lowest BCUT2D eigenvalue weighted by Gasteiger charge is -2.19. The van der Waals surface area contributed by atoms with E-state index in [9.17, 15) is 14.9 Å². The third-order valence-electron chi connectivity index (χ3n) is 3.51. The van der Waals surface area contributed by atoms with Crippen LogP contribution in [0.1, 0.15) is 43.0 Å². The number of non-ortho nitro benzene ring substituents is 1. The molecule has 1 unspecified atom stereocenters. The predicted octanol–water partition coefficient (Wildman–Crippen LogP) is 2.89. The SMILES string of the molecule is CC1CCCC/C1=N\NC(=O)c1cccc([N+](=O)[O-])c1. The fourth-order valence-corrected chi connectivity index (χ4v) is 2.28. The van der Waals surface area contributed by atoms with Gasteiger partial charge in [0, 0.05) is 23.4 Å². The van der Waals surface area contributed by atoms with Gasteiger partial charge < -0.3 is 0 Å². The van der Waals surface area contributed by atoms with Crippen LogP contribution in [0.5, 0.6) is 0 Å². The summed E-state index contributed by atoms with van der Waals surface area (Å²) in [6.07, 6.45) is 4.27. The zero-order chi connectivity index (χ0) is 14.5. The van der Waals surface area contributed by atoms with Gasteiger partial charge in [0.15, 0.2) is 0 Å². The van der Waals surface area contributed by atoms with Gasteiger partial charge in [-0.2, -0.15) is 5.10 Å². The molecule has 1 fully saturated rings. The lowest BCUT2D eigenvalue weighted by molar-refractivity contribution is -0.384. The van der Waals surface area contributed by atoms with Crippen molar-refractivity contribution in [3.8, 4) is 0 Å². The highest BCUT2D eigenvalue weighted by molar-refractivity contribution is 5.96. The molecule has 0 saturated heterocycles. The molecule has 0 heterocycles. The smallest absolute Gasteiger partial charge is 0.267 e. The Balaban J connectivity index is 2.06. The predicted molar refractivity (Wildman–Crippen MR) is 75.6 cm³/mol. The second-order valence-electron chi connectivity index (χ2n) is 5.00. The molecule has 106 valence electrons. The molecule has 1 amide bonds. The lowest BCUT2D eigenvalue weighted by Crippen LogP contribution is -2.24. The fourth-order valence-electron chi connectivity index (χ4n) is 2.28. The van der Waals surface area contributed by atoms with E-state index in [1.807, 2.05) is 0 Å². The Morgan fingerprint density at radius 2 is 2.25 bits per heavy atom. The van der Waals surface area contributed by atoms with Crippen molar-refractivity contribution in [2.24, 2.45) is 11.0 Å². The summed E-state index contributed by atoms with van der Waals surface area (Å²) in [5, 5.41) is 14.8. The number of carbonyl (C=O) groups excluding carboxylic acids is 1. The molecule has 0 spiro atoms. The molecular formula is C14H17N3O3. The maximum Gasteiger partial charge on any atom is 0.271 e. The molecule has 6 nitrogen and oxygen atoms in total. The van der Waals surface area contributed by atoms with Crippen LogP contribution in [-0.2, 0) is 0 Å². The van der Waals surface area contributed by atoms with Crippen LogP contribution in [0, 0.1) is 16.0 Å². The molecule has 1 aromatic rings. The van der Waals surface area contributed by atoms with Crippen molar-refractivity contribution in [2.45, 2.75) is 32.6 Å². The van der Waals surface area contributed by atoms with Crippen LogP contribution < -0.4 is 5.43 Å². The molecule has 0 bridgehead atoms. The van der Waals surface area contributed by atoms with E-state index in [4.69, 9.17) is 0 Å². The van der Waals surface area contributed by atoms with Crippen molar-refractivity contribution >= 4 is 17.3 Å². The third-order valence-corrected chi connectivity index (χ3v) is 3.51. The van der Waals surface area contributed by atoms with Gasteiger partial charge in [-0.1, -0.05) is 19.4 Å². The highest BCUT2D eigenvalue weighted by Gasteiger charge is 2.17. The van der Waals surface area contributed by atoms with Gasteiger partial charge in [-0.05, 0) is 31.2 Å². The molecule has 0 aliphatic heterocycles. The van der Waals surface area contributed by atoms with Crippen LogP contribution in [-0.4, -0.2) is 16.5 Å². The van der Waals surface area contributed by atoms with E-state index in [2.05, 4.69) is 17.5 Å². The maximum atomic E-state index is 11.9. The van der Waals surface area contributed by atoms with Crippen LogP contribution >= 0.6 is 0 Å². The first kappa shape index (κ1) is 14.2. The van der Waals surface area contributed by atoms with Crippen LogP contribution in [0.2, 0.25) is 0 Å². The fraction of sp³-hybridized carbons (Fsp3) is 0.429. The highest BCUT2D eigenvalue weighted by Crippen LogP contribution is 2.20. The Labute approximate surface area is 117 Å². The van der Waals surface area contributed by atoms with E-state index >= 15 is 0 Å². The van der Waals surface area contributed by atoms with E-state index in [-0.39, 0.29) is 11.3 Å². The first-order valence-electron chi connectivity index (χ1n) is 6.69. The summed E-state index contributed by atoms with van der Waals surface area (Å²) >= 11 is 0. The molecule has 20 heavy (non-hydrogen) atoms. The average molecular weight is 275 g/mol. The van der Waals surface area contributed by atoms with Gasteiger partial charge in [-0.3, -0.25) is 14.9 Å². The van der Waals surface area contributed by atoms with E-state index in [1.54, 1.807) is 0 Å². The first-order valence-corrected chi connectivity index (χ1v) is 6.69. The molecule has 1 aromatic carbocycles. The van der Waals surface area contributed by atoms with Crippen molar-refractivity contribution in [3.63, 3.8) is 0 Å². The largest absolute Gasteiger partial charge is 0.271 e. The van der Waals surface area contributed by atoms with Crippen molar-refractivity contribution in [1.29, 1.82) is 0 Å². The number of benzene rings is 1. The molecule has 0 radical (unpaired) electrons. The summed E-state index contributed by atoms with van der Waals surface area (Å²) in [6.45, 7) is 2.09. The number of rotatable bonds is 3. The van der Waals surface area contributed by atoms with Crippen LogP contribution in [0.25, 0.3) is 0 Å². The number of hydrogen-bond donors (Lipinski definition) is 1. The summed E-state index contributed by atoms with van der Waals surface area (Å²) in [6, 6.07) is 5.63. The molecular weight excluding hydrogens is 258 g/mol. The van der Waals surface area contributed by atoms with Gasteiger partial charge in [0.1, 0.15) is 0 Å². The molecule has 1 N–H and O–H groups in total. The second kappa shape index (κ2) is 6.27. The quantitative estimate of drug-likeness (QED) is 0.680.